The third-order valence-electron chi connectivity index (χ3n) is 2.74. The quantitative estimate of drug-likeness (QED) is 0.811. The molecule has 0 bridgehead atoms. The Hall–Kier alpha value is -2.50. The van der Waals surface area contributed by atoms with Crippen molar-refractivity contribution in [2.75, 3.05) is 17.7 Å². The van der Waals surface area contributed by atoms with Gasteiger partial charge < -0.3 is 15.8 Å². The molecule has 0 spiro atoms. The lowest BCUT2D eigenvalue weighted by molar-refractivity contribution is -0.118. The van der Waals surface area contributed by atoms with Crippen LogP contribution in [0.5, 0.6) is 5.75 Å². The van der Waals surface area contributed by atoms with Crippen LogP contribution in [0.1, 0.15) is 12.6 Å². The molecule has 1 aromatic heterocycles. The molecular formula is C14H18N4O2. The van der Waals surface area contributed by atoms with Crippen molar-refractivity contribution >= 4 is 17.3 Å². The number of aryl methyl sites for hydroxylation is 2. The average molecular weight is 274 g/mol. The lowest BCUT2D eigenvalue weighted by Gasteiger charge is -2.07. The van der Waals surface area contributed by atoms with Crippen molar-refractivity contribution < 1.29 is 9.53 Å². The van der Waals surface area contributed by atoms with E-state index in [9.17, 15) is 4.79 Å². The highest BCUT2D eigenvalue weighted by atomic mass is 16.5. The number of carbonyl (C=O) groups is 1. The summed E-state index contributed by atoms with van der Waals surface area (Å²) in [4.78, 5) is 11.8. The van der Waals surface area contributed by atoms with Crippen LogP contribution in [-0.2, 0) is 18.3 Å². The maximum absolute atomic E-state index is 11.8. The van der Waals surface area contributed by atoms with Gasteiger partial charge in [-0.3, -0.25) is 9.48 Å². The summed E-state index contributed by atoms with van der Waals surface area (Å²) < 4.78 is 7.06. The van der Waals surface area contributed by atoms with E-state index in [1.165, 1.54) is 0 Å². The summed E-state index contributed by atoms with van der Waals surface area (Å²) in [6.07, 6.45) is 2.53. The number of nitrogen functional groups attached to an aromatic ring is 1. The molecule has 0 unspecified atom stereocenters. The topological polar surface area (TPSA) is 82.2 Å². The van der Waals surface area contributed by atoms with Gasteiger partial charge in [-0.15, -0.1) is 0 Å². The van der Waals surface area contributed by atoms with Gasteiger partial charge in [-0.25, -0.2) is 0 Å². The number of ether oxygens (including phenoxy) is 1. The molecule has 0 aliphatic carbocycles. The van der Waals surface area contributed by atoms with Crippen molar-refractivity contribution in [3.8, 4) is 5.75 Å². The first kappa shape index (κ1) is 13.9. The molecule has 0 saturated carbocycles. The van der Waals surface area contributed by atoms with Crippen LogP contribution in [-0.4, -0.2) is 22.3 Å². The number of carbonyl (C=O) groups excluding carboxylic acids is 1. The van der Waals surface area contributed by atoms with Gasteiger partial charge in [0.1, 0.15) is 5.75 Å². The zero-order valence-corrected chi connectivity index (χ0v) is 11.6. The van der Waals surface area contributed by atoms with Crippen molar-refractivity contribution in [3.63, 3.8) is 0 Å². The maximum Gasteiger partial charge on any atom is 0.262 e. The number of rotatable bonds is 5. The zero-order valence-electron chi connectivity index (χ0n) is 11.6. The molecule has 106 valence electrons. The Kier molecular flexibility index (Phi) is 4.24. The predicted octanol–water partition coefficient (Wildman–Crippen LogP) is 1.58. The summed E-state index contributed by atoms with van der Waals surface area (Å²) in [5, 5.41) is 7.05. The molecule has 6 heteroatoms. The number of nitrogens with two attached hydrogens (primary N) is 1. The number of aromatic nitrogens is 2. The minimum Gasteiger partial charge on any atom is -0.484 e. The van der Waals surface area contributed by atoms with Gasteiger partial charge >= 0.3 is 0 Å². The van der Waals surface area contributed by atoms with Crippen molar-refractivity contribution in [2.45, 2.75) is 13.3 Å². The van der Waals surface area contributed by atoms with Gasteiger partial charge in [0.05, 0.1) is 11.4 Å². The van der Waals surface area contributed by atoms with Gasteiger partial charge in [0, 0.05) is 25.0 Å². The second-order valence-corrected chi connectivity index (χ2v) is 4.43. The summed E-state index contributed by atoms with van der Waals surface area (Å²) in [5.74, 6) is 0.345. The number of anilines is 2. The van der Waals surface area contributed by atoms with Gasteiger partial charge in [-0.1, -0.05) is 13.0 Å². The lowest BCUT2D eigenvalue weighted by atomic mass is 10.3. The van der Waals surface area contributed by atoms with E-state index >= 15 is 0 Å². The highest BCUT2D eigenvalue weighted by molar-refractivity contribution is 5.92. The summed E-state index contributed by atoms with van der Waals surface area (Å²) >= 11 is 0. The van der Waals surface area contributed by atoms with E-state index < -0.39 is 0 Å². The van der Waals surface area contributed by atoms with E-state index in [-0.39, 0.29) is 12.5 Å². The number of hydrogen-bond acceptors (Lipinski definition) is 4. The van der Waals surface area contributed by atoms with Gasteiger partial charge in [-0.05, 0) is 18.6 Å². The molecule has 2 rings (SSSR count). The van der Waals surface area contributed by atoms with E-state index in [1.54, 1.807) is 35.1 Å². The van der Waals surface area contributed by atoms with Gasteiger partial charge in [0.15, 0.2) is 6.61 Å². The van der Waals surface area contributed by atoms with E-state index in [0.29, 0.717) is 11.4 Å². The Balaban J connectivity index is 1.92. The summed E-state index contributed by atoms with van der Waals surface area (Å²) in [5.41, 5.74) is 7.81. The molecule has 0 aliphatic rings. The Morgan fingerprint density at radius 2 is 2.30 bits per heavy atom. The molecule has 6 nitrogen and oxygen atoms in total. The molecule has 0 atom stereocenters. The van der Waals surface area contributed by atoms with E-state index in [4.69, 9.17) is 10.5 Å². The SMILES string of the molecule is CCc1nn(C)cc1NC(=O)COc1cccc(N)c1. The maximum atomic E-state index is 11.8. The third kappa shape index (κ3) is 3.50. The fraction of sp³-hybridized carbons (Fsp3) is 0.286. The summed E-state index contributed by atoms with van der Waals surface area (Å²) in [6, 6.07) is 6.97. The molecule has 1 aromatic carbocycles. The second kappa shape index (κ2) is 6.10. The highest BCUT2D eigenvalue weighted by Crippen LogP contribution is 2.15. The molecule has 0 fully saturated rings. The minimum atomic E-state index is -0.227. The van der Waals surface area contributed by atoms with Gasteiger partial charge in [0.25, 0.3) is 5.91 Å². The van der Waals surface area contributed by atoms with Crippen LogP contribution < -0.4 is 15.8 Å². The Bertz CT molecular complexity index is 607. The number of nitrogens with one attached hydrogen (secondary N) is 1. The van der Waals surface area contributed by atoms with Crippen LogP contribution >= 0.6 is 0 Å². The van der Waals surface area contributed by atoms with Crippen LogP contribution in [0.3, 0.4) is 0 Å². The third-order valence-corrected chi connectivity index (χ3v) is 2.74. The first-order valence-corrected chi connectivity index (χ1v) is 6.39. The first-order valence-electron chi connectivity index (χ1n) is 6.39. The molecule has 1 amide bonds. The van der Waals surface area contributed by atoms with Crippen LogP contribution in [0.4, 0.5) is 11.4 Å². The minimum absolute atomic E-state index is 0.0680. The van der Waals surface area contributed by atoms with Gasteiger partial charge in [0.2, 0.25) is 0 Å². The standard InChI is InChI=1S/C14H18N4O2/c1-3-12-13(8-18(2)17-12)16-14(19)9-20-11-6-4-5-10(15)7-11/h4-8H,3,9,15H2,1-2H3,(H,16,19). The summed E-state index contributed by atoms with van der Waals surface area (Å²) in [7, 11) is 1.82. The normalized spacial score (nSPS) is 10.3. The molecular weight excluding hydrogens is 256 g/mol. The Morgan fingerprint density at radius 1 is 1.50 bits per heavy atom. The monoisotopic (exact) mass is 274 g/mol. The fourth-order valence-electron chi connectivity index (χ4n) is 1.84. The Labute approximate surface area is 117 Å². The molecule has 0 aliphatic heterocycles. The first-order chi connectivity index (χ1) is 9.58. The number of benzene rings is 1. The highest BCUT2D eigenvalue weighted by Gasteiger charge is 2.10. The molecule has 0 radical (unpaired) electrons. The predicted molar refractivity (Wildman–Crippen MR) is 77.6 cm³/mol. The zero-order chi connectivity index (χ0) is 14.5. The van der Waals surface area contributed by atoms with Crippen molar-refractivity contribution in [2.24, 2.45) is 7.05 Å². The van der Waals surface area contributed by atoms with Crippen molar-refractivity contribution in [1.82, 2.24) is 9.78 Å². The lowest BCUT2D eigenvalue weighted by Crippen LogP contribution is -2.20. The largest absolute Gasteiger partial charge is 0.484 e. The fourth-order valence-corrected chi connectivity index (χ4v) is 1.84. The van der Waals surface area contributed by atoms with Crippen molar-refractivity contribution in [1.29, 1.82) is 0 Å². The van der Waals surface area contributed by atoms with E-state index in [2.05, 4.69) is 10.4 Å². The summed E-state index contributed by atoms with van der Waals surface area (Å²) in [6.45, 7) is 1.92. The van der Waals surface area contributed by atoms with Crippen LogP contribution in [0.15, 0.2) is 30.5 Å². The second-order valence-electron chi connectivity index (χ2n) is 4.43. The van der Waals surface area contributed by atoms with Crippen LogP contribution in [0.25, 0.3) is 0 Å². The average Bonchev–Trinajstić information content (AvgIpc) is 2.76. The van der Waals surface area contributed by atoms with Gasteiger partial charge in [-0.2, -0.15) is 5.10 Å². The van der Waals surface area contributed by atoms with Crippen LogP contribution in [0, 0.1) is 0 Å². The smallest absolute Gasteiger partial charge is 0.262 e. The number of nitrogens with zero attached hydrogens (tertiary/aromatic N) is 2. The van der Waals surface area contributed by atoms with E-state index in [0.717, 1.165) is 17.8 Å². The van der Waals surface area contributed by atoms with Crippen LogP contribution in [0.2, 0.25) is 0 Å². The molecule has 3 N–H and O–H groups in total. The number of amides is 1. The number of hydrogen-bond donors (Lipinski definition) is 2. The molecule has 0 saturated heterocycles. The molecule has 1 heterocycles. The van der Waals surface area contributed by atoms with E-state index in [1.807, 2.05) is 14.0 Å². The Morgan fingerprint density at radius 3 is 3.00 bits per heavy atom. The molecule has 2 aromatic rings. The molecule has 20 heavy (non-hydrogen) atoms. The van der Waals surface area contributed by atoms with Crippen molar-refractivity contribution in [3.05, 3.63) is 36.2 Å².